The van der Waals surface area contributed by atoms with Crippen LogP contribution in [0.5, 0.6) is 0 Å². The first-order valence-electron chi connectivity index (χ1n) is 6.80. The van der Waals surface area contributed by atoms with Crippen LogP contribution in [0.1, 0.15) is 19.4 Å². The average Bonchev–Trinajstić information content (AvgIpc) is 2.50. The molecule has 1 rings (SSSR count). The van der Waals surface area contributed by atoms with E-state index in [1.54, 1.807) is 24.3 Å². The minimum absolute atomic E-state index is 0.436. The van der Waals surface area contributed by atoms with Gasteiger partial charge in [0.15, 0.2) is 0 Å². The molecular formula is C16H17N2O5. The van der Waals surface area contributed by atoms with Gasteiger partial charge in [-0.15, -0.1) is 0 Å². The molecule has 0 saturated heterocycles. The summed E-state index contributed by atoms with van der Waals surface area (Å²) in [4.78, 5) is 45.2. The Labute approximate surface area is 133 Å². The van der Waals surface area contributed by atoms with Gasteiger partial charge >= 0.3 is 5.97 Å². The van der Waals surface area contributed by atoms with Gasteiger partial charge < -0.3 is 10.4 Å². The third-order valence-electron chi connectivity index (χ3n) is 2.98. The molecule has 0 fully saturated rings. The summed E-state index contributed by atoms with van der Waals surface area (Å²) < 4.78 is 0. The second-order valence-corrected chi connectivity index (χ2v) is 4.71. The highest BCUT2D eigenvalue weighted by molar-refractivity contribution is 6.03. The molecule has 1 radical (unpaired) electrons. The maximum atomic E-state index is 11.9. The second kappa shape index (κ2) is 8.47. The lowest BCUT2D eigenvalue weighted by molar-refractivity contribution is -0.140. The van der Waals surface area contributed by atoms with E-state index in [1.165, 1.54) is 26.2 Å². The van der Waals surface area contributed by atoms with Gasteiger partial charge in [0, 0.05) is 18.7 Å². The Hall–Kier alpha value is -2.96. The predicted octanol–water partition coefficient (Wildman–Crippen LogP) is 1.07. The van der Waals surface area contributed by atoms with Crippen LogP contribution >= 0.6 is 0 Å². The molecule has 7 heteroatoms. The first-order chi connectivity index (χ1) is 10.9. The van der Waals surface area contributed by atoms with Gasteiger partial charge in [-0.25, -0.2) is 0 Å². The summed E-state index contributed by atoms with van der Waals surface area (Å²) in [5.74, 6) is -2.22. The third-order valence-corrected chi connectivity index (χ3v) is 2.98. The van der Waals surface area contributed by atoms with Crippen LogP contribution in [0.25, 0.3) is 6.08 Å². The van der Waals surface area contributed by atoms with Crippen molar-refractivity contribution in [3.63, 3.8) is 0 Å². The van der Waals surface area contributed by atoms with Gasteiger partial charge in [-0.1, -0.05) is 18.2 Å². The summed E-state index contributed by atoms with van der Waals surface area (Å²) in [6.45, 7) is 2.23. The summed E-state index contributed by atoms with van der Waals surface area (Å²) in [6.07, 6.45) is 4.09. The molecule has 1 unspecified atom stereocenters. The molecule has 1 atom stereocenters. The van der Waals surface area contributed by atoms with E-state index in [0.717, 1.165) is 11.0 Å². The van der Waals surface area contributed by atoms with E-state index in [2.05, 4.69) is 5.32 Å². The Morgan fingerprint density at radius 2 is 2.00 bits per heavy atom. The van der Waals surface area contributed by atoms with E-state index in [0.29, 0.717) is 11.3 Å². The summed E-state index contributed by atoms with van der Waals surface area (Å²) in [6, 6.07) is 6.00. The standard InChI is InChI=1S/C16H17N2O5/c1-11(16(22)23)17-14-6-4-3-5-13(14)7-8-15(21)18(9-10-19)12(2)20/h3-8,11,17H,9H2,1-2H3,(H,22,23)/b8-7+. The number of aliphatic carboxylic acids is 1. The van der Waals surface area contributed by atoms with E-state index >= 15 is 0 Å². The number of nitrogens with one attached hydrogen (secondary N) is 1. The fourth-order valence-corrected chi connectivity index (χ4v) is 1.73. The number of carbonyl (C=O) groups excluding carboxylic acids is 3. The van der Waals surface area contributed by atoms with Crippen molar-refractivity contribution < 1.29 is 24.3 Å². The van der Waals surface area contributed by atoms with Crippen LogP contribution in [-0.4, -0.2) is 46.7 Å². The summed E-state index contributed by atoms with van der Waals surface area (Å²) in [5.41, 5.74) is 1.11. The van der Waals surface area contributed by atoms with Crippen LogP contribution in [0.3, 0.4) is 0 Å². The Bertz CT molecular complexity index is 639. The molecule has 2 amide bonds. The van der Waals surface area contributed by atoms with Gasteiger partial charge in [0.2, 0.25) is 12.2 Å². The molecule has 0 heterocycles. The zero-order chi connectivity index (χ0) is 17.4. The smallest absolute Gasteiger partial charge is 0.325 e. The quantitative estimate of drug-likeness (QED) is 0.729. The van der Waals surface area contributed by atoms with Crippen LogP contribution in [-0.2, 0) is 19.2 Å². The number of benzene rings is 1. The summed E-state index contributed by atoms with van der Waals surface area (Å²) >= 11 is 0. The maximum absolute atomic E-state index is 11.9. The van der Waals surface area contributed by atoms with Crippen molar-refractivity contribution in [2.75, 3.05) is 11.9 Å². The predicted molar refractivity (Wildman–Crippen MR) is 84.3 cm³/mol. The van der Waals surface area contributed by atoms with Gasteiger partial charge in [-0.2, -0.15) is 0 Å². The van der Waals surface area contributed by atoms with Gasteiger partial charge in [0.1, 0.15) is 6.04 Å². The van der Waals surface area contributed by atoms with Crippen LogP contribution < -0.4 is 5.32 Å². The Balaban J connectivity index is 2.95. The third kappa shape index (κ3) is 5.39. The van der Waals surface area contributed by atoms with E-state index in [-0.39, 0.29) is 0 Å². The number of anilines is 1. The molecule has 1 aromatic carbocycles. The lowest BCUT2D eigenvalue weighted by Crippen LogP contribution is -2.35. The van der Waals surface area contributed by atoms with Crippen molar-refractivity contribution in [2.24, 2.45) is 0 Å². The number of carboxylic acids is 1. The zero-order valence-electron chi connectivity index (χ0n) is 12.8. The van der Waals surface area contributed by atoms with Crippen molar-refractivity contribution in [3.05, 3.63) is 35.9 Å². The SMILES string of the molecule is CC(=O)N(C[C]=O)C(=O)/C=C/c1ccccc1NC(C)C(=O)O. The fraction of sp³-hybridized carbons (Fsp3) is 0.250. The molecule has 1 aromatic rings. The van der Waals surface area contributed by atoms with E-state index < -0.39 is 30.4 Å². The number of rotatable bonds is 7. The molecule has 2 N–H and O–H groups in total. The van der Waals surface area contributed by atoms with Crippen molar-refractivity contribution in [2.45, 2.75) is 19.9 Å². The van der Waals surface area contributed by atoms with Crippen molar-refractivity contribution >= 4 is 35.8 Å². The van der Waals surface area contributed by atoms with Crippen LogP contribution in [0.2, 0.25) is 0 Å². The lowest BCUT2D eigenvalue weighted by atomic mass is 10.1. The molecule has 0 spiro atoms. The van der Waals surface area contributed by atoms with Gasteiger partial charge in [0.05, 0.1) is 6.54 Å². The molecule has 121 valence electrons. The molecule has 23 heavy (non-hydrogen) atoms. The number of carboxylic acid groups (broad SMARTS) is 1. The summed E-state index contributed by atoms with van der Waals surface area (Å²) in [5, 5.41) is 11.7. The highest BCUT2D eigenvalue weighted by Gasteiger charge is 2.15. The molecule has 0 aliphatic rings. The lowest BCUT2D eigenvalue weighted by Gasteiger charge is -2.14. The number of amides is 2. The Morgan fingerprint density at radius 3 is 2.57 bits per heavy atom. The molecule has 7 nitrogen and oxygen atoms in total. The number of carbonyl (C=O) groups is 3. The number of para-hydroxylation sites is 1. The molecular weight excluding hydrogens is 300 g/mol. The van der Waals surface area contributed by atoms with Crippen LogP contribution in [0.15, 0.2) is 30.3 Å². The Kier molecular flexibility index (Phi) is 6.67. The first kappa shape index (κ1) is 18.1. The molecule has 0 saturated carbocycles. The van der Waals surface area contributed by atoms with Crippen LogP contribution in [0, 0.1) is 0 Å². The number of imide groups is 1. The molecule has 0 aliphatic carbocycles. The van der Waals surface area contributed by atoms with Crippen molar-refractivity contribution in [1.82, 2.24) is 4.90 Å². The Morgan fingerprint density at radius 1 is 1.35 bits per heavy atom. The highest BCUT2D eigenvalue weighted by Crippen LogP contribution is 2.18. The van der Waals surface area contributed by atoms with Gasteiger partial charge in [-0.3, -0.25) is 24.1 Å². The molecule has 0 aliphatic heterocycles. The van der Waals surface area contributed by atoms with Gasteiger partial charge in [-0.05, 0) is 24.6 Å². The minimum Gasteiger partial charge on any atom is -0.480 e. The van der Waals surface area contributed by atoms with Crippen molar-refractivity contribution in [3.8, 4) is 0 Å². The number of hydrogen-bond donors (Lipinski definition) is 2. The molecule has 0 aromatic heterocycles. The monoisotopic (exact) mass is 317 g/mol. The largest absolute Gasteiger partial charge is 0.480 e. The highest BCUT2D eigenvalue weighted by atomic mass is 16.4. The second-order valence-electron chi connectivity index (χ2n) is 4.71. The fourth-order valence-electron chi connectivity index (χ4n) is 1.73. The zero-order valence-corrected chi connectivity index (χ0v) is 12.8. The number of nitrogens with zero attached hydrogens (tertiary/aromatic N) is 1. The summed E-state index contributed by atoms with van der Waals surface area (Å²) in [7, 11) is 0. The number of hydrogen-bond acceptors (Lipinski definition) is 5. The van der Waals surface area contributed by atoms with Crippen LogP contribution in [0.4, 0.5) is 5.69 Å². The van der Waals surface area contributed by atoms with E-state index in [4.69, 9.17) is 5.11 Å². The normalized spacial score (nSPS) is 11.7. The first-order valence-corrected chi connectivity index (χ1v) is 6.80. The topological polar surface area (TPSA) is 104 Å². The maximum Gasteiger partial charge on any atom is 0.325 e. The molecule has 0 bridgehead atoms. The van der Waals surface area contributed by atoms with Crippen molar-refractivity contribution in [1.29, 1.82) is 0 Å². The van der Waals surface area contributed by atoms with E-state index in [1.807, 2.05) is 0 Å². The average molecular weight is 317 g/mol. The minimum atomic E-state index is -1.01. The van der Waals surface area contributed by atoms with Gasteiger partial charge in [0.25, 0.3) is 5.91 Å². The van der Waals surface area contributed by atoms with E-state index in [9.17, 15) is 19.2 Å².